The summed E-state index contributed by atoms with van der Waals surface area (Å²) in [6.07, 6.45) is 0. The monoisotopic (exact) mass is 784 g/mol. The van der Waals surface area contributed by atoms with E-state index in [9.17, 15) is 5.48 Å². The van der Waals surface area contributed by atoms with Gasteiger partial charge in [0.25, 0.3) is 0 Å². The molecule has 2 aromatic heterocycles. The lowest BCUT2D eigenvalue weighted by atomic mass is 9.91. The Bertz CT molecular complexity index is 3990. The van der Waals surface area contributed by atoms with Gasteiger partial charge in [0, 0.05) is 27.5 Å². The maximum Gasteiger partial charge on any atom is 0.166 e. The summed E-state index contributed by atoms with van der Waals surface area (Å²) in [6.45, 7) is 0. The molecule has 0 amide bonds. The van der Waals surface area contributed by atoms with Crippen molar-refractivity contribution in [2.75, 3.05) is 0 Å². The normalized spacial score (nSPS) is 13.4. The fourth-order valence-electron chi connectivity index (χ4n) is 8.62. The molecule has 0 radical (unpaired) electrons. The van der Waals surface area contributed by atoms with Crippen molar-refractivity contribution in [1.29, 1.82) is 0 Å². The molecular weight excluding hydrogens is 741 g/mol. The summed E-state index contributed by atoms with van der Waals surface area (Å²) < 4.78 is 74.0. The minimum atomic E-state index is -0.517. The second-order valence-corrected chi connectivity index (χ2v) is 15.0. The van der Waals surface area contributed by atoms with Gasteiger partial charge in [-0.15, -0.1) is 0 Å². The summed E-state index contributed by atoms with van der Waals surface area (Å²) in [6, 6.07) is 52.6. The van der Waals surface area contributed by atoms with Crippen LogP contribution in [0.15, 0.2) is 218 Å². The third-order valence-electron chi connectivity index (χ3n) is 11.5. The zero-order valence-corrected chi connectivity index (χ0v) is 32.5. The summed E-state index contributed by atoms with van der Waals surface area (Å²) in [5, 5.41) is 6.56. The van der Waals surface area contributed by atoms with Crippen LogP contribution in [0.3, 0.4) is 0 Å². The second-order valence-electron chi connectivity index (χ2n) is 15.0. The second kappa shape index (κ2) is 14.3. The van der Waals surface area contributed by atoms with Crippen LogP contribution < -0.4 is 0 Å². The molecule has 0 saturated heterocycles. The summed E-state index contributed by atoms with van der Waals surface area (Å²) >= 11 is 0. The predicted octanol–water partition coefficient (Wildman–Crippen LogP) is 14.8. The van der Waals surface area contributed by atoms with Crippen molar-refractivity contribution in [2.45, 2.75) is 0 Å². The summed E-state index contributed by atoms with van der Waals surface area (Å²) in [4.78, 5) is 15.3. The summed E-state index contributed by atoms with van der Waals surface area (Å²) in [5.74, 6) is 1.01. The lowest BCUT2D eigenvalue weighted by Gasteiger charge is -2.17. The first-order valence-corrected chi connectivity index (χ1v) is 20.0. The molecule has 0 aliphatic heterocycles. The number of para-hydroxylation sites is 2. The van der Waals surface area contributed by atoms with Gasteiger partial charge >= 0.3 is 0 Å². The average Bonchev–Trinajstić information content (AvgIpc) is 3.77. The molecule has 0 N–H and O–H groups in total. The molecule has 10 aromatic carbocycles. The highest BCUT2D eigenvalue weighted by atomic mass is 15.1. The third-order valence-corrected chi connectivity index (χ3v) is 11.5. The smallest absolute Gasteiger partial charge is 0.166 e. The Labute approximate surface area is 364 Å². The topological polar surface area (TPSA) is 43.6 Å². The van der Waals surface area contributed by atoms with Crippen LogP contribution in [0.25, 0.3) is 116 Å². The standard InChI is InChI=1S/C57H36N4/c1-3-15-37(16-4-1)38-27-29-40(30-28-38)56-58-55(39-17-5-2-6-18-39)59-57(60-56)50-34-32-42(36-54(50)61-52-25-13-11-23-48(52)49-24-12-14-26-53(49)61)41-31-33-47-45-21-8-7-19-43(45)44-20-9-10-22-46(44)51(47)35-41/h1-36H/i11D,12D,13D,14D,23D,24D,25D,26D. The Morgan fingerprint density at radius 2 is 0.721 bits per heavy atom. The first-order chi connectivity index (χ1) is 33.6. The Balaban J connectivity index is 1.18. The van der Waals surface area contributed by atoms with Crippen LogP contribution in [0.5, 0.6) is 0 Å². The quantitative estimate of drug-likeness (QED) is 0.158. The van der Waals surface area contributed by atoms with Gasteiger partial charge in [-0.1, -0.05) is 188 Å². The Morgan fingerprint density at radius 1 is 0.311 bits per heavy atom. The van der Waals surface area contributed by atoms with Crippen LogP contribution in [-0.4, -0.2) is 19.5 Å². The lowest BCUT2D eigenvalue weighted by Crippen LogP contribution is -2.04. The van der Waals surface area contributed by atoms with Crippen LogP contribution in [0.1, 0.15) is 11.0 Å². The van der Waals surface area contributed by atoms with E-state index < -0.39 is 48.3 Å². The van der Waals surface area contributed by atoms with Crippen LogP contribution in [0.2, 0.25) is 0 Å². The Hall–Kier alpha value is -8.21. The molecule has 12 rings (SSSR count). The van der Waals surface area contributed by atoms with Gasteiger partial charge in [-0.2, -0.15) is 0 Å². The molecule has 0 fully saturated rings. The van der Waals surface area contributed by atoms with Gasteiger partial charge in [0.05, 0.1) is 27.7 Å². The largest absolute Gasteiger partial charge is 0.308 e. The average molecular weight is 785 g/mol. The molecular formula is C57H36N4. The number of nitrogens with zero attached hydrogens (tertiary/aromatic N) is 4. The highest BCUT2D eigenvalue weighted by Gasteiger charge is 2.21. The zero-order chi connectivity index (χ0) is 47.2. The van der Waals surface area contributed by atoms with Gasteiger partial charge in [0.2, 0.25) is 0 Å². The first kappa shape index (κ1) is 27.5. The Morgan fingerprint density at radius 3 is 1.33 bits per heavy atom. The van der Waals surface area contributed by atoms with E-state index in [1.165, 1.54) is 0 Å². The molecule has 4 heteroatoms. The van der Waals surface area contributed by atoms with E-state index in [1.807, 2.05) is 127 Å². The van der Waals surface area contributed by atoms with E-state index in [2.05, 4.69) is 42.5 Å². The first-order valence-electron chi connectivity index (χ1n) is 24.0. The van der Waals surface area contributed by atoms with Crippen molar-refractivity contribution in [3.05, 3.63) is 218 Å². The summed E-state index contributed by atoms with van der Waals surface area (Å²) in [7, 11) is 0. The summed E-state index contributed by atoms with van der Waals surface area (Å²) in [5.41, 5.74) is 5.87. The number of fused-ring (bicyclic) bond motifs is 9. The third kappa shape index (κ3) is 5.88. The van der Waals surface area contributed by atoms with Crippen LogP contribution in [-0.2, 0) is 0 Å². The highest BCUT2D eigenvalue weighted by molar-refractivity contribution is 6.25. The molecule has 0 saturated carbocycles. The van der Waals surface area contributed by atoms with Gasteiger partial charge < -0.3 is 4.57 Å². The van der Waals surface area contributed by atoms with Gasteiger partial charge in [-0.3, -0.25) is 0 Å². The molecule has 12 aromatic rings. The molecule has 0 unspecified atom stereocenters. The molecule has 0 aliphatic rings. The maximum absolute atomic E-state index is 9.43. The zero-order valence-electron chi connectivity index (χ0n) is 40.5. The molecule has 0 aliphatic carbocycles. The van der Waals surface area contributed by atoms with Crippen molar-refractivity contribution < 1.29 is 11.0 Å². The van der Waals surface area contributed by atoms with Crippen molar-refractivity contribution in [3.63, 3.8) is 0 Å². The molecule has 0 atom stereocenters. The van der Waals surface area contributed by atoms with Crippen molar-refractivity contribution in [1.82, 2.24) is 19.5 Å². The fraction of sp³-hybridized carbons (Fsp3) is 0. The van der Waals surface area contributed by atoms with Crippen molar-refractivity contribution in [2.24, 2.45) is 0 Å². The van der Waals surface area contributed by atoms with E-state index in [-0.39, 0.29) is 27.6 Å². The molecule has 4 nitrogen and oxygen atoms in total. The van der Waals surface area contributed by atoms with Crippen molar-refractivity contribution in [3.8, 4) is 62.1 Å². The number of benzene rings is 10. The van der Waals surface area contributed by atoms with Crippen LogP contribution in [0.4, 0.5) is 0 Å². The van der Waals surface area contributed by atoms with Crippen LogP contribution in [0, 0.1) is 0 Å². The van der Waals surface area contributed by atoms with E-state index in [4.69, 9.17) is 20.4 Å². The lowest BCUT2D eigenvalue weighted by molar-refractivity contribution is 1.06. The fourth-order valence-corrected chi connectivity index (χ4v) is 8.62. The SMILES string of the molecule is [2H]c1c([2H])c([2H])c2c(c1[2H])c1c([2H])c([2H])c([2H])c([2H])c1n2-c1cc(-c2ccc3c4ccccc4c4ccccc4c3c2)ccc1-c1nc(-c2ccccc2)nc(-c2ccc(-c3ccccc3)cc2)n1. The predicted molar refractivity (Wildman–Crippen MR) is 254 cm³/mol. The maximum atomic E-state index is 9.43. The number of hydrogen-bond acceptors (Lipinski definition) is 3. The molecule has 0 spiro atoms. The minimum absolute atomic E-state index is 0.00793. The van der Waals surface area contributed by atoms with E-state index in [1.54, 1.807) is 4.57 Å². The molecule has 2 heterocycles. The molecule has 0 bridgehead atoms. The number of hydrogen-bond donors (Lipinski definition) is 0. The van der Waals surface area contributed by atoms with Crippen molar-refractivity contribution >= 4 is 54.1 Å². The van der Waals surface area contributed by atoms with Gasteiger partial charge in [0.1, 0.15) is 0 Å². The van der Waals surface area contributed by atoms with Crippen LogP contribution >= 0.6 is 0 Å². The molecule has 284 valence electrons. The highest BCUT2D eigenvalue weighted by Crippen LogP contribution is 2.41. The van der Waals surface area contributed by atoms with Gasteiger partial charge in [-0.25, -0.2) is 15.0 Å². The van der Waals surface area contributed by atoms with E-state index >= 15 is 0 Å². The minimum Gasteiger partial charge on any atom is -0.308 e. The Kier molecular flexibility index (Phi) is 6.42. The van der Waals surface area contributed by atoms with Gasteiger partial charge in [-0.05, 0) is 84.9 Å². The number of aromatic nitrogens is 4. The number of rotatable bonds is 6. The van der Waals surface area contributed by atoms with E-state index in [0.717, 1.165) is 65.7 Å². The van der Waals surface area contributed by atoms with E-state index in [0.29, 0.717) is 22.9 Å². The van der Waals surface area contributed by atoms with Gasteiger partial charge in [0.15, 0.2) is 17.5 Å². The molecule has 61 heavy (non-hydrogen) atoms.